The van der Waals surface area contributed by atoms with Crippen LogP contribution < -0.4 is 5.32 Å². The fraction of sp³-hybridized carbons (Fsp3) is 0.667. The predicted molar refractivity (Wildman–Crippen MR) is 65.0 cm³/mol. The molecule has 1 aliphatic rings. The molecule has 2 unspecified atom stereocenters. The molecule has 1 rings (SSSR count). The highest BCUT2D eigenvalue weighted by molar-refractivity contribution is 5.82. The summed E-state index contributed by atoms with van der Waals surface area (Å²) in [5.74, 6) is 1.12. The zero-order chi connectivity index (χ0) is 13.5. The summed E-state index contributed by atoms with van der Waals surface area (Å²) in [4.78, 5) is 24.4. The number of ether oxygens (including phenoxy) is 1. The molecule has 0 aromatic heterocycles. The maximum Gasteiger partial charge on any atom is 0.327 e. The molecule has 0 aromatic carbocycles. The lowest BCUT2D eigenvalue weighted by atomic mass is 10.2. The Morgan fingerprint density at radius 3 is 3.00 bits per heavy atom. The lowest BCUT2D eigenvalue weighted by Crippen LogP contribution is -2.49. The topological polar surface area (TPSA) is 78.9 Å². The van der Waals surface area contributed by atoms with Crippen molar-refractivity contribution in [3.8, 4) is 12.3 Å². The highest BCUT2D eigenvalue weighted by Crippen LogP contribution is 2.06. The minimum Gasteiger partial charge on any atom is -0.480 e. The minimum atomic E-state index is -1.12. The van der Waals surface area contributed by atoms with E-state index in [2.05, 4.69) is 11.2 Å². The molecular formula is C12H18N2O4. The van der Waals surface area contributed by atoms with Crippen molar-refractivity contribution >= 4 is 12.0 Å². The molecule has 1 heterocycles. The molecule has 1 aliphatic heterocycles. The van der Waals surface area contributed by atoms with Crippen molar-refractivity contribution in [2.24, 2.45) is 0 Å². The van der Waals surface area contributed by atoms with Crippen LogP contribution in [0.25, 0.3) is 0 Å². The number of amides is 2. The van der Waals surface area contributed by atoms with Gasteiger partial charge in [0.05, 0.1) is 6.10 Å². The number of rotatable bonds is 3. The first-order chi connectivity index (χ1) is 8.54. The van der Waals surface area contributed by atoms with Crippen LogP contribution in [0.15, 0.2) is 0 Å². The van der Waals surface area contributed by atoms with Gasteiger partial charge in [0.15, 0.2) is 0 Å². The number of hydrogen-bond acceptors (Lipinski definition) is 3. The van der Waals surface area contributed by atoms with Crippen LogP contribution in [0.3, 0.4) is 0 Å². The van der Waals surface area contributed by atoms with E-state index < -0.39 is 18.0 Å². The molecule has 100 valence electrons. The number of carboxylic acid groups (broad SMARTS) is 1. The minimum absolute atomic E-state index is 0.0268. The summed E-state index contributed by atoms with van der Waals surface area (Å²) in [5.41, 5.74) is 0. The molecule has 0 aromatic rings. The van der Waals surface area contributed by atoms with Gasteiger partial charge >= 0.3 is 12.0 Å². The lowest BCUT2D eigenvalue weighted by Gasteiger charge is -2.24. The van der Waals surface area contributed by atoms with Crippen LogP contribution in [-0.4, -0.2) is 53.8 Å². The maximum absolute atomic E-state index is 11.9. The number of carbonyl (C=O) groups is 2. The molecule has 6 nitrogen and oxygen atoms in total. The fourth-order valence-electron chi connectivity index (χ4n) is 1.74. The standard InChI is InChI=1S/C12H18N2O4/c1-3-5-10(11(15)16)13-12(17)14-6-4-7-18-9(2)8-14/h1,9-10H,4-8H2,2H3,(H,13,17)(H,15,16). The molecule has 1 fully saturated rings. The van der Waals surface area contributed by atoms with Crippen LogP contribution in [0.4, 0.5) is 4.79 Å². The molecular weight excluding hydrogens is 236 g/mol. The van der Waals surface area contributed by atoms with E-state index in [1.807, 2.05) is 6.92 Å². The van der Waals surface area contributed by atoms with Crippen LogP contribution in [0.1, 0.15) is 19.8 Å². The molecule has 0 saturated carbocycles. The SMILES string of the molecule is C#CCC(NC(=O)N1CCCOC(C)C1)C(=O)O. The number of aliphatic carboxylic acids is 1. The maximum atomic E-state index is 11.9. The first kappa shape index (κ1) is 14.3. The van der Waals surface area contributed by atoms with Crippen molar-refractivity contribution in [1.29, 1.82) is 0 Å². The Morgan fingerprint density at radius 2 is 2.39 bits per heavy atom. The van der Waals surface area contributed by atoms with Gasteiger partial charge in [-0.25, -0.2) is 9.59 Å². The van der Waals surface area contributed by atoms with E-state index in [4.69, 9.17) is 16.3 Å². The first-order valence-corrected chi connectivity index (χ1v) is 5.88. The van der Waals surface area contributed by atoms with Gasteiger partial charge in [-0.1, -0.05) is 0 Å². The van der Waals surface area contributed by atoms with Crippen LogP contribution >= 0.6 is 0 Å². The fourth-order valence-corrected chi connectivity index (χ4v) is 1.74. The molecule has 0 aliphatic carbocycles. The molecule has 2 amide bonds. The summed E-state index contributed by atoms with van der Waals surface area (Å²) in [6.07, 6.45) is 5.74. The number of carbonyl (C=O) groups excluding carboxylic acids is 1. The number of carboxylic acids is 1. The predicted octanol–water partition coefficient (Wildman–Crippen LogP) is 0.283. The third-order valence-corrected chi connectivity index (χ3v) is 2.66. The average molecular weight is 254 g/mol. The first-order valence-electron chi connectivity index (χ1n) is 5.88. The van der Waals surface area contributed by atoms with Crippen LogP contribution in [-0.2, 0) is 9.53 Å². The van der Waals surface area contributed by atoms with Crippen molar-refractivity contribution in [1.82, 2.24) is 10.2 Å². The summed E-state index contributed by atoms with van der Waals surface area (Å²) < 4.78 is 5.41. The lowest BCUT2D eigenvalue weighted by molar-refractivity contribution is -0.139. The van der Waals surface area contributed by atoms with Crippen molar-refractivity contribution in [3.05, 3.63) is 0 Å². The van der Waals surface area contributed by atoms with E-state index in [9.17, 15) is 9.59 Å². The number of urea groups is 1. The zero-order valence-electron chi connectivity index (χ0n) is 10.4. The van der Waals surface area contributed by atoms with E-state index in [1.165, 1.54) is 0 Å². The highest BCUT2D eigenvalue weighted by atomic mass is 16.5. The molecule has 0 spiro atoms. The van der Waals surface area contributed by atoms with Crippen LogP contribution in [0, 0.1) is 12.3 Å². The summed E-state index contributed by atoms with van der Waals surface area (Å²) in [5, 5.41) is 11.3. The van der Waals surface area contributed by atoms with Crippen molar-refractivity contribution in [2.75, 3.05) is 19.7 Å². The third kappa shape index (κ3) is 4.26. The molecule has 0 bridgehead atoms. The molecule has 6 heteroatoms. The summed E-state index contributed by atoms with van der Waals surface area (Å²) in [6, 6.07) is -1.45. The van der Waals surface area contributed by atoms with Gasteiger partial charge in [0.2, 0.25) is 0 Å². The Kier molecular flexibility index (Phi) is 5.46. The van der Waals surface area contributed by atoms with E-state index >= 15 is 0 Å². The number of terminal acetylenes is 1. The Balaban J connectivity index is 2.57. The van der Waals surface area contributed by atoms with Gasteiger partial charge in [0, 0.05) is 26.1 Å². The third-order valence-electron chi connectivity index (χ3n) is 2.66. The van der Waals surface area contributed by atoms with E-state index in [0.717, 1.165) is 6.42 Å². The molecule has 0 radical (unpaired) electrons. The van der Waals surface area contributed by atoms with Crippen molar-refractivity contribution in [3.63, 3.8) is 0 Å². The van der Waals surface area contributed by atoms with Crippen LogP contribution in [0.2, 0.25) is 0 Å². The number of hydrogen-bond donors (Lipinski definition) is 2. The second kappa shape index (κ2) is 6.87. The normalized spacial score (nSPS) is 21.6. The molecule has 2 atom stereocenters. The summed E-state index contributed by atoms with van der Waals surface area (Å²) in [7, 11) is 0. The largest absolute Gasteiger partial charge is 0.480 e. The van der Waals surface area contributed by atoms with Crippen molar-refractivity contribution in [2.45, 2.75) is 31.9 Å². The van der Waals surface area contributed by atoms with Crippen LogP contribution in [0.5, 0.6) is 0 Å². The van der Waals surface area contributed by atoms with Gasteiger partial charge in [0.25, 0.3) is 0 Å². The number of nitrogens with one attached hydrogen (secondary N) is 1. The van der Waals surface area contributed by atoms with Gasteiger partial charge in [-0.2, -0.15) is 0 Å². The molecule has 2 N–H and O–H groups in total. The van der Waals surface area contributed by atoms with Gasteiger partial charge < -0.3 is 20.1 Å². The Bertz CT molecular complexity index is 350. The van der Waals surface area contributed by atoms with Gasteiger partial charge in [-0.3, -0.25) is 0 Å². The molecule has 1 saturated heterocycles. The highest BCUT2D eigenvalue weighted by Gasteiger charge is 2.24. The summed E-state index contributed by atoms with van der Waals surface area (Å²) in [6.45, 7) is 3.49. The Labute approximate surface area is 106 Å². The average Bonchev–Trinajstić information content (AvgIpc) is 2.53. The van der Waals surface area contributed by atoms with Gasteiger partial charge in [0.1, 0.15) is 6.04 Å². The monoisotopic (exact) mass is 254 g/mol. The second-order valence-corrected chi connectivity index (χ2v) is 4.23. The van der Waals surface area contributed by atoms with Gasteiger partial charge in [-0.15, -0.1) is 12.3 Å². The Hall–Kier alpha value is -1.74. The zero-order valence-corrected chi connectivity index (χ0v) is 10.4. The quantitative estimate of drug-likeness (QED) is 0.709. The van der Waals surface area contributed by atoms with Crippen molar-refractivity contribution < 1.29 is 19.4 Å². The van der Waals surface area contributed by atoms with Gasteiger partial charge in [-0.05, 0) is 13.3 Å². The smallest absolute Gasteiger partial charge is 0.327 e. The Morgan fingerprint density at radius 1 is 1.67 bits per heavy atom. The molecule has 18 heavy (non-hydrogen) atoms. The van der Waals surface area contributed by atoms with E-state index in [1.54, 1.807) is 4.90 Å². The summed E-state index contributed by atoms with van der Waals surface area (Å²) >= 11 is 0. The number of nitrogens with zero attached hydrogens (tertiary/aromatic N) is 1. The van der Waals surface area contributed by atoms with E-state index in [-0.39, 0.29) is 12.5 Å². The van der Waals surface area contributed by atoms with E-state index in [0.29, 0.717) is 19.7 Å². The second-order valence-electron chi connectivity index (χ2n) is 4.23.